The molecule has 2 aromatic rings. The van der Waals surface area contributed by atoms with Gasteiger partial charge in [0.25, 0.3) is 5.91 Å². The molecule has 0 aliphatic carbocycles. The number of benzene rings is 1. The van der Waals surface area contributed by atoms with E-state index in [9.17, 15) is 9.59 Å². The summed E-state index contributed by atoms with van der Waals surface area (Å²) < 4.78 is 5.66. The van der Waals surface area contributed by atoms with Crippen molar-refractivity contribution >= 4 is 11.9 Å². The summed E-state index contributed by atoms with van der Waals surface area (Å²) in [6.07, 6.45) is 8.35. The van der Waals surface area contributed by atoms with Crippen LogP contribution in [-0.4, -0.2) is 71.4 Å². The maximum absolute atomic E-state index is 13.8. The van der Waals surface area contributed by atoms with Crippen molar-refractivity contribution in [3.05, 3.63) is 48.2 Å². The first-order chi connectivity index (χ1) is 17.5. The maximum atomic E-state index is 13.8. The van der Waals surface area contributed by atoms with Gasteiger partial charge in [-0.05, 0) is 88.8 Å². The third-order valence-electron chi connectivity index (χ3n) is 8.69. The second-order valence-corrected chi connectivity index (χ2v) is 10.9. The molecule has 2 atom stereocenters. The first-order valence-electron chi connectivity index (χ1n) is 13.7. The average Bonchev–Trinajstić information content (AvgIpc) is 3.61. The normalized spacial score (nSPS) is 26.2. The van der Waals surface area contributed by atoms with Gasteiger partial charge in [-0.3, -0.25) is 14.6 Å². The highest BCUT2D eigenvalue weighted by molar-refractivity contribution is 6.07. The highest BCUT2D eigenvalue weighted by Crippen LogP contribution is 2.38. The maximum Gasteiger partial charge on any atom is 0.325 e. The quantitative estimate of drug-likeness (QED) is 0.513. The first-order valence-corrected chi connectivity index (χ1v) is 13.7. The molecule has 1 aromatic heterocycles. The Hall–Kier alpha value is -2.64. The number of hydrogen-bond acceptors (Lipinski definition) is 5. The van der Waals surface area contributed by atoms with E-state index < -0.39 is 5.54 Å². The third-order valence-corrected chi connectivity index (χ3v) is 8.69. The van der Waals surface area contributed by atoms with Gasteiger partial charge in [0.2, 0.25) is 0 Å². The van der Waals surface area contributed by atoms with Crippen molar-refractivity contribution in [2.75, 3.05) is 33.2 Å². The van der Waals surface area contributed by atoms with Crippen molar-refractivity contribution in [3.8, 4) is 11.3 Å². The average molecular weight is 493 g/mol. The van der Waals surface area contributed by atoms with Crippen LogP contribution in [0.25, 0.3) is 11.3 Å². The summed E-state index contributed by atoms with van der Waals surface area (Å²) >= 11 is 0. The van der Waals surface area contributed by atoms with Crippen LogP contribution in [0, 0.1) is 5.92 Å². The highest BCUT2D eigenvalue weighted by atomic mass is 16.3. The molecule has 194 valence electrons. The Morgan fingerprint density at radius 2 is 1.86 bits per heavy atom. The summed E-state index contributed by atoms with van der Waals surface area (Å²) in [4.78, 5) is 33.1. The van der Waals surface area contributed by atoms with Crippen molar-refractivity contribution in [2.45, 2.75) is 70.0 Å². The van der Waals surface area contributed by atoms with E-state index in [-0.39, 0.29) is 17.9 Å². The Labute approximate surface area is 214 Å². The predicted molar refractivity (Wildman–Crippen MR) is 140 cm³/mol. The SMILES string of the molecule is CCC[C@@]1(C2CCN(Cc3ccccc3-c3ccco3)CC2)NC(=O)N(CC[C@@H]2CCCN2C)C1=O. The number of carbonyl (C=O) groups is 2. The van der Waals surface area contributed by atoms with Crippen molar-refractivity contribution in [2.24, 2.45) is 5.92 Å². The molecule has 7 heteroatoms. The number of hydrogen-bond donors (Lipinski definition) is 1. The molecular formula is C29H40N4O3. The Kier molecular flexibility index (Phi) is 7.49. The number of carbonyl (C=O) groups excluding carboxylic acids is 2. The lowest BCUT2D eigenvalue weighted by Gasteiger charge is -2.41. The van der Waals surface area contributed by atoms with Gasteiger partial charge >= 0.3 is 6.03 Å². The molecule has 3 fully saturated rings. The number of furan rings is 1. The van der Waals surface area contributed by atoms with E-state index in [2.05, 4.69) is 47.3 Å². The minimum Gasteiger partial charge on any atom is -0.464 e. The van der Waals surface area contributed by atoms with Crippen molar-refractivity contribution in [1.82, 2.24) is 20.0 Å². The number of likely N-dealkylation sites (tertiary alicyclic amines) is 2. The van der Waals surface area contributed by atoms with Crippen LogP contribution in [0.2, 0.25) is 0 Å². The lowest BCUT2D eigenvalue weighted by Crippen LogP contribution is -2.56. The zero-order valence-electron chi connectivity index (χ0n) is 21.7. The largest absolute Gasteiger partial charge is 0.464 e. The molecule has 0 unspecified atom stereocenters. The summed E-state index contributed by atoms with van der Waals surface area (Å²) in [7, 11) is 2.14. The fourth-order valence-electron chi connectivity index (χ4n) is 6.67. The molecule has 4 heterocycles. The van der Waals surface area contributed by atoms with Crippen LogP contribution in [0.4, 0.5) is 4.79 Å². The van der Waals surface area contributed by atoms with Crippen molar-refractivity contribution in [3.63, 3.8) is 0 Å². The van der Waals surface area contributed by atoms with Crippen LogP contribution in [0.3, 0.4) is 0 Å². The molecule has 5 rings (SSSR count). The number of nitrogens with one attached hydrogen (secondary N) is 1. The molecule has 0 bridgehead atoms. The fourth-order valence-corrected chi connectivity index (χ4v) is 6.67. The number of piperidine rings is 1. The number of rotatable bonds is 9. The number of urea groups is 1. The molecule has 0 spiro atoms. The van der Waals surface area contributed by atoms with Crippen LogP contribution in [0.5, 0.6) is 0 Å². The zero-order chi connectivity index (χ0) is 25.1. The van der Waals surface area contributed by atoms with Crippen LogP contribution in [0.15, 0.2) is 47.1 Å². The van der Waals surface area contributed by atoms with Gasteiger partial charge in [0.1, 0.15) is 11.3 Å². The number of imide groups is 1. The Morgan fingerprint density at radius 3 is 2.56 bits per heavy atom. The summed E-state index contributed by atoms with van der Waals surface area (Å²) in [5.41, 5.74) is 1.64. The molecule has 1 aromatic carbocycles. The Balaban J connectivity index is 1.23. The van der Waals surface area contributed by atoms with Gasteiger partial charge < -0.3 is 14.6 Å². The summed E-state index contributed by atoms with van der Waals surface area (Å²) in [5.74, 6) is 1.08. The number of amides is 3. The van der Waals surface area contributed by atoms with Gasteiger partial charge in [-0.15, -0.1) is 0 Å². The standard InChI is InChI=1S/C29H40N4O3/c1-3-15-29(27(34)33(28(35)30-29)19-14-24-9-6-16-31(24)2)23-12-17-32(18-13-23)21-22-8-4-5-10-25(22)26-11-7-20-36-26/h4-5,7-8,10-11,20,23-24H,3,6,9,12-19,21H2,1-2H3,(H,30,35)/t24-,29-/m0/s1. The Bertz CT molecular complexity index is 1050. The van der Waals surface area contributed by atoms with Crippen molar-refractivity contribution < 1.29 is 14.0 Å². The fraction of sp³-hybridized carbons (Fsp3) is 0.586. The number of nitrogens with zero attached hydrogens (tertiary/aromatic N) is 3. The van der Waals surface area contributed by atoms with Gasteiger partial charge in [-0.2, -0.15) is 0 Å². The lowest BCUT2D eigenvalue weighted by atomic mass is 9.74. The Morgan fingerprint density at radius 1 is 1.06 bits per heavy atom. The van der Waals surface area contributed by atoms with Gasteiger partial charge in [0.05, 0.1) is 6.26 Å². The van der Waals surface area contributed by atoms with Gasteiger partial charge in [-0.25, -0.2) is 4.79 Å². The van der Waals surface area contributed by atoms with Crippen molar-refractivity contribution in [1.29, 1.82) is 0 Å². The molecule has 3 saturated heterocycles. The van der Waals surface area contributed by atoms with E-state index in [1.165, 1.54) is 16.9 Å². The smallest absolute Gasteiger partial charge is 0.325 e. The molecule has 3 amide bonds. The van der Waals surface area contributed by atoms with E-state index in [1.54, 1.807) is 6.26 Å². The molecule has 0 saturated carbocycles. The third kappa shape index (κ3) is 4.83. The minimum absolute atomic E-state index is 0.0108. The minimum atomic E-state index is -0.744. The van der Waals surface area contributed by atoms with Gasteiger partial charge in [-0.1, -0.05) is 37.6 Å². The van der Waals surface area contributed by atoms with E-state index in [4.69, 9.17) is 4.42 Å². The highest BCUT2D eigenvalue weighted by Gasteiger charge is 2.55. The second-order valence-electron chi connectivity index (χ2n) is 10.9. The van der Waals surface area contributed by atoms with Crippen LogP contribution in [-0.2, 0) is 11.3 Å². The topological polar surface area (TPSA) is 69.0 Å². The summed E-state index contributed by atoms with van der Waals surface area (Å²) in [6, 6.07) is 12.6. The van der Waals surface area contributed by atoms with E-state index in [0.717, 1.165) is 69.6 Å². The monoisotopic (exact) mass is 492 g/mol. The lowest BCUT2D eigenvalue weighted by molar-refractivity contribution is -0.134. The van der Waals surface area contributed by atoms with E-state index in [0.29, 0.717) is 19.0 Å². The molecule has 36 heavy (non-hydrogen) atoms. The van der Waals surface area contributed by atoms with Crippen LogP contribution >= 0.6 is 0 Å². The molecule has 3 aliphatic rings. The molecule has 1 N–H and O–H groups in total. The van der Waals surface area contributed by atoms with Gasteiger partial charge in [0.15, 0.2) is 0 Å². The zero-order valence-corrected chi connectivity index (χ0v) is 21.7. The molecule has 0 radical (unpaired) electrons. The molecular weight excluding hydrogens is 452 g/mol. The summed E-state index contributed by atoms with van der Waals surface area (Å²) in [5, 5.41) is 3.21. The molecule has 3 aliphatic heterocycles. The van der Waals surface area contributed by atoms with E-state index in [1.807, 2.05) is 18.2 Å². The van der Waals surface area contributed by atoms with Crippen LogP contribution < -0.4 is 5.32 Å². The first kappa shape index (κ1) is 25.0. The van der Waals surface area contributed by atoms with Gasteiger partial charge in [0, 0.05) is 24.7 Å². The second kappa shape index (κ2) is 10.8. The predicted octanol–water partition coefficient (Wildman–Crippen LogP) is 4.73. The van der Waals surface area contributed by atoms with Crippen LogP contribution in [0.1, 0.15) is 57.4 Å². The van der Waals surface area contributed by atoms with E-state index >= 15 is 0 Å². The molecule has 7 nitrogen and oxygen atoms in total. The summed E-state index contributed by atoms with van der Waals surface area (Å²) in [6.45, 7) is 6.42.